The molecule has 0 aromatic rings. The summed E-state index contributed by atoms with van der Waals surface area (Å²) >= 11 is 0. The largest absolute Gasteiger partial charge is 0.378 e. The highest BCUT2D eigenvalue weighted by atomic mass is 16.5. The molecule has 1 amide bonds. The molecule has 0 aliphatic carbocycles. The van der Waals surface area contributed by atoms with E-state index in [2.05, 4.69) is 12.2 Å². The Kier molecular flexibility index (Phi) is 3.36. The molecule has 0 spiro atoms. The van der Waals surface area contributed by atoms with Gasteiger partial charge in [-0.25, -0.2) is 0 Å². The first-order chi connectivity index (χ1) is 5.33. The summed E-state index contributed by atoms with van der Waals surface area (Å²) in [6.07, 6.45) is 3.27. The van der Waals surface area contributed by atoms with Crippen molar-refractivity contribution in [3.8, 4) is 0 Å². The second-order valence-corrected chi connectivity index (χ2v) is 3.10. The summed E-state index contributed by atoms with van der Waals surface area (Å²) < 4.78 is 5.37. The van der Waals surface area contributed by atoms with Gasteiger partial charge in [-0.05, 0) is 25.7 Å². The van der Waals surface area contributed by atoms with Crippen LogP contribution in [-0.2, 0) is 9.53 Å². The number of carbonyl (C=O) groups is 1. The van der Waals surface area contributed by atoms with Crippen LogP contribution in [0.2, 0.25) is 0 Å². The Bertz CT molecular complexity index is 127. The topological polar surface area (TPSA) is 38.3 Å². The van der Waals surface area contributed by atoms with Gasteiger partial charge in [0.25, 0.3) is 0 Å². The van der Waals surface area contributed by atoms with Crippen LogP contribution in [0.5, 0.6) is 0 Å². The van der Waals surface area contributed by atoms with Crippen LogP contribution in [0.15, 0.2) is 0 Å². The fraction of sp³-hybridized carbons (Fsp3) is 0.875. The number of hydrogen-bond donors (Lipinski definition) is 1. The minimum atomic E-state index is 0.363. The number of hydrogen-bond acceptors (Lipinski definition) is 2. The number of carbonyl (C=O) groups excluding carboxylic acids is 1. The second-order valence-electron chi connectivity index (χ2n) is 3.10. The molecule has 1 heterocycles. The van der Waals surface area contributed by atoms with E-state index in [0.717, 1.165) is 32.4 Å². The lowest BCUT2D eigenvalue weighted by Gasteiger charge is -2.26. The fourth-order valence-electron chi connectivity index (χ4n) is 1.49. The highest BCUT2D eigenvalue weighted by Crippen LogP contribution is 2.18. The Morgan fingerprint density at radius 1 is 1.73 bits per heavy atom. The number of nitrogens with one attached hydrogen (secondary N) is 1. The molecule has 11 heavy (non-hydrogen) atoms. The first-order valence-corrected chi connectivity index (χ1v) is 4.11. The molecule has 64 valence electrons. The molecule has 0 unspecified atom stereocenters. The van der Waals surface area contributed by atoms with Crippen molar-refractivity contribution >= 4 is 6.41 Å². The summed E-state index contributed by atoms with van der Waals surface area (Å²) in [7, 11) is 0. The molecule has 1 fully saturated rings. The minimum absolute atomic E-state index is 0.363. The van der Waals surface area contributed by atoms with Crippen LogP contribution < -0.4 is 5.32 Å². The molecule has 1 N–H and O–H groups in total. The third-order valence-corrected chi connectivity index (χ3v) is 2.08. The van der Waals surface area contributed by atoms with Crippen molar-refractivity contribution in [1.82, 2.24) is 5.32 Å². The van der Waals surface area contributed by atoms with Gasteiger partial charge < -0.3 is 10.1 Å². The number of amides is 1. The van der Waals surface area contributed by atoms with Gasteiger partial charge >= 0.3 is 0 Å². The van der Waals surface area contributed by atoms with E-state index in [-0.39, 0.29) is 0 Å². The highest BCUT2D eigenvalue weighted by molar-refractivity contribution is 5.45. The van der Waals surface area contributed by atoms with Crippen molar-refractivity contribution < 1.29 is 9.53 Å². The lowest BCUT2D eigenvalue weighted by atomic mass is 9.96. The third-order valence-electron chi connectivity index (χ3n) is 2.08. The quantitative estimate of drug-likeness (QED) is 0.607. The molecule has 1 rings (SSSR count). The molecular formula is C8H15NO2. The van der Waals surface area contributed by atoms with Gasteiger partial charge in [-0.1, -0.05) is 0 Å². The predicted octanol–water partition coefficient (Wildman–Crippen LogP) is 0.547. The molecule has 0 bridgehead atoms. The molecule has 2 atom stereocenters. The molecule has 0 aromatic carbocycles. The summed E-state index contributed by atoms with van der Waals surface area (Å²) in [5.41, 5.74) is 0. The van der Waals surface area contributed by atoms with Gasteiger partial charge in [0.1, 0.15) is 0 Å². The Morgan fingerprint density at radius 2 is 2.55 bits per heavy atom. The molecule has 3 nitrogen and oxygen atoms in total. The van der Waals surface area contributed by atoms with E-state index in [0.29, 0.717) is 12.0 Å². The average molecular weight is 157 g/mol. The molecule has 1 aliphatic rings. The zero-order valence-electron chi connectivity index (χ0n) is 6.88. The van der Waals surface area contributed by atoms with E-state index in [1.165, 1.54) is 0 Å². The Labute approximate surface area is 67.1 Å². The zero-order valence-corrected chi connectivity index (χ0v) is 6.88. The summed E-state index contributed by atoms with van der Waals surface area (Å²) in [5.74, 6) is 0.615. The van der Waals surface area contributed by atoms with Crippen molar-refractivity contribution in [1.29, 1.82) is 0 Å². The standard InChI is InChI=1S/C8H15NO2/c1-7-4-8(2-3-11-7)5-9-6-10/h6-8H,2-5H2,1H3,(H,9,10)/t7-,8+/m1/s1. The second kappa shape index (κ2) is 4.34. The number of rotatable bonds is 3. The van der Waals surface area contributed by atoms with Crippen LogP contribution in [0.4, 0.5) is 0 Å². The van der Waals surface area contributed by atoms with Gasteiger partial charge in [-0.3, -0.25) is 4.79 Å². The van der Waals surface area contributed by atoms with Crippen molar-refractivity contribution in [2.45, 2.75) is 25.9 Å². The van der Waals surface area contributed by atoms with Crippen LogP contribution >= 0.6 is 0 Å². The predicted molar refractivity (Wildman–Crippen MR) is 42.2 cm³/mol. The van der Waals surface area contributed by atoms with Crippen LogP contribution in [-0.4, -0.2) is 25.7 Å². The van der Waals surface area contributed by atoms with Gasteiger partial charge in [0.15, 0.2) is 0 Å². The SMILES string of the molecule is C[C@@H]1C[C@@H](CNC=O)CCO1. The average Bonchev–Trinajstić information content (AvgIpc) is 2.01. The molecule has 0 saturated carbocycles. The maximum atomic E-state index is 9.99. The van der Waals surface area contributed by atoms with Gasteiger partial charge in [-0.2, -0.15) is 0 Å². The van der Waals surface area contributed by atoms with Crippen LogP contribution in [0.3, 0.4) is 0 Å². The van der Waals surface area contributed by atoms with E-state index in [9.17, 15) is 4.79 Å². The Morgan fingerprint density at radius 3 is 3.18 bits per heavy atom. The molecule has 1 aliphatic heterocycles. The van der Waals surface area contributed by atoms with Gasteiger partial charge in [0.05, 0.1) is 6.10 Å². The van der Waals surface area contributed by atoms with Crippen molar-refractivity contribution in [3.63, 3.8) is 0 Å². The summed E-state index contributed by atoms with van der Waals surface area (Å²) in [4.78, 5) is 9.99. The Hall–Kier alpha value is -0.570. The van der Waals surface area contributed by atoms with E-state index in [1.54, 1.807) is 0 Å². The highest BCUT2D eigenvalue weighted by Gasteiger charge is 2.18. The maximum absolute atomic E-state index is 9.99. The summed E-state index contributed by atoms with van der Waals surface area (Å²) in [6, 6.07) is 0. The van der Waals surface area contributed by atoms with Gasteiger partial charge in [0, 0.05) is 13.2 Å². The number of ether oxygens (including phenoxy) is 1. The van der Waals surface area contributed by atoms with E-state index < -0.39 is 0 Å². The monoisotopic (exact) mass is 157 g/mol. The first-order valence-electron chi connectivity index (χ1n) is 4.11. The van der Waals surface area contributed by atoms with Gasteiger partial charge in [-0.15, -0.1) is 0 Å². The third kappa shape index (κ3) is 2.89. The molecule has 0 radical (unpaired) electrons. The Balaban J connectivity index is 2.17. The molecule has 3 heteroatoms. The molecule has 0 aromatic heterocycles. The van der Waals surface area contributed by atoms with E-state index in [4.69, 9.17) is 4.74 Å². The minimum Gasteiger partial charge on any atom is -0.378 e. The van der Waals surface area contributed by atoms with Crippen molar-refractivity contribution in [2.75, 3.05) is 13.2 Å². The first kappa shape index (κ1) is 8.53. The summed E-state index contributed by atoms with van der Waals surface area (Å²) in [6.45, 7) is 3.72. The lowest BCUT2D eigenvalue weighted by Crippen LogP contribution is -2.30. The van der Waals surface area contributed by atoms with Crippen molar-refractivity contribution in [2.24, 2.45) is 5.92 Å². The zero-order chi connectivity index (χ0) is 8.10. The summed E-state index contributed by atoms with van der Waals surface area (Å²) in [5, 5.41) is 2.70. The fourth-order valence-corrected chi connectivity index (χ4v) is 1.49. The lowest BCUT2D eigenvalue weighted by molar-refractivity contribution is -0.110. The van der Waals surface area contributed by atoms with E-state index >= 15 is 0 Å². The normalized spacial score (nSPS) is 31.4. The van der Waals surface area contributed by atoms with Crippen LogP contribution in [0.1, 0.15) is 19.8 Å². The van der Waals surface area contributed by atoms with Crippen molar-refractivity contribution in [3.05, 3.63) is 0 Å². The maximum Gasteiger partial charge on any atom is 0.207 e. The molecular weight excluding hydrogens is 142 g/mol. The smallest absolute Gasteiger partial charge is 0.207 e. The molecule has 1 saturated heterocycles. The van der Waals surface area contributed by atoms with Crippen LogP contribution in [0.25, 0.3) is 0 Å². The van der Waals surface area contributed by atoms with E-state index in [1.807, 2.05) is 0 Å². The van der Waals surface area contributed by atoms with Crippen LogP contribution in [0, 0.1) is 5.92 Å². The van der Waals surface area contributed by atoms with Gasteiger partial charge in [0.2, 0.25) is 6.41 Å².